The first-order chi connectivity index (χ1) is 12.2. The van der Waals surface area contributed by atoms with Gasteiger partial charge in [-0.1, -0.05) is 12.1 Å². The molecule has 2 aliphatic heterocycles. The number of likely N-dealkylation sites (tertiary alicyclic amines) is 2. The number of carbonyl (C=O) groups excluding carboxylic acids is 1. The minimum absolute atomic E-state index is 0.111. The van der Waals surface area contributed by atoms with Crippen molar-refractivity contribution in [3.63, 3.8) is 0 Å². The van der Waals surface area contributed by atoms with Gasteiger partial charge in [0.25, 0.3) is 0 Å². The maximum absolute atomic E-state index is 12.7. The largest absolute Gasteiger partial charge is 0.494 e. The second-order valence-corrected chi connectivity index (χ2v) is 7.28. The van der Waals surface area contributed by atoms with Crippen molar-refractivity contribution in [2.24, 2.45) is 5.92 Å². The third-order valence-electron chi connectivity index (χ3n) is 5.43. The van der Waals surface area contributed by atoms with E-state index in [-0.39, 0.29) is 6.03 Å². The van der Waals surface area contributed by atoms with Gasteiger partial charge >= 0.3 is 6.03 Å². The number of rotatable bonds is 5. The average Bonchev–Trinajstić information content (AvgIpc) is 2.61. The number of fused-ring (bicyclic) bond motifs is 1. The number of carbonyl (C=O) groups is 1. The monoisotopic (exact) mass is 345 g/mol. The van der Waals surface area contributed by atoms with Gasteiger partial charge in [-0.3, -0.25) is 0 Å². The normalized spacial score (nSPS) is 23.8. The summed E-state index contributed by atoms with van der Waals surface area (Å²) >= 11 is 0. The number of urea groups is 1. The van der Waals surface area contributed by atoms with E-state index in [1.165, 1.54) is 12.0 Å². The Morgan fingerprint density at radius 1 is 1.32 bits per heavy atom. The van der Waals surface area contributed by atoms with Gasteiger partial charge in [0.1, 0.15) is 5.75 Å². The lowest BCUT2D eigenvalue weighted by Gasteiger charge is -2.46. The SMILES string of the molecule is CCOc1cccc(CCNC(=O)N2CCC[C@@H]3CN(C)CC[C@H]32)c1. The summed E-state index contributed by atoms with van der Waals surface area (Å²) in [7, 11) is 2.19. The number of benzene rings is 1. The molecule has 0 aliphatic carbocycles. The van der Waals surface area contributed by atoms with Crippen molar-refractivity contribution in [3.8, 4) is 5.75 Å². The molecule has 0 spiro atoms. The lowest BCUT2D eigenvalue weighted by Crippen LogP contribution is -2.57. The maximum Gasteiger partial charge on any atom is 0.317 e. The van der Waals surface area contributed by atoms with Gasteiger partial charge in [-0.15, -0.1) is 0 Å². The van der Waals surface area contributed by atoms with Crippen molar-refractivity contribution in [1.82, 2.24) is 15.1 Å². The highest BCUT2D eigenvalue weighted by molar-refractivity contribution is 5.74. The molecule has 2 aliphatic rings. The standard InChI is InChI=1S/C20H31N3O2/c1-3-25-18-8-4-6-16(14-18)9-11-21-20(24)23-12-5-7-17-15-22(2)13-10-19(17)23/h4,6,8,14,17,19H,3,5,7,9-13,15H2,1-2H3,(H,21,24)/t17-,19-/m1/s1. The van der Waals surface area contributed by atoms with Gasteiger partial charge < -0.3 is 19.9 Å². The minimum atomic E-state index is 0.111. The summed E-state index contributed by atoms with van der Waals surface area (Å²) < 4.78 is 5.54. The molecule has 2 fully saturated rings. The molecule has 1 aromatic carbocycles. The Morgan fingerprint density at radius 3 is 3.04 bits per heavy atom. The second kappa shape index (κ2) is 8.56. The number of amides is 2. The smallest absolute Gasteiger partial charge is 0.317 e. The first kappa shape index (κ1) is 18.1. The van der Waals surface area contributed by atoms with E-state index in [0.717, 1.165) is 44.6 Å². The minimum Gasteiger partial charge on any atom is -0.494 e. The van der Waals surface area contributed by atoms with Crippen LogP contribution in [0, 0.1) is 5.92 Å². The number of nitrogens with zero attached hydrogens (tertiary/aromatic N) is 2. The molecule has 138 valence electrons. The molecule has 2 atom stereocenters. The summed E-state index contributed by atoms with van der Waals surface area (Å²) in [6.07, 6.45) is 4.31. The Kier molecular flexibility index (Phi) is 6.19. The molecule has 2 amide bonds. The van der Waals surface area contributed by atoms with Crippen LogP contribution in [0.15, 0.2) is 24.3 Å². The fourth-order valence-corrected chi connectivity index (χ4v) is 4.21. The number of hydrogen-bond acceptors (Lipinski definition) is 3. The molecule has 0 bridgehead atoms. The molecule has 1 N–H and O–H groups in total. The molecule has 0 unspecified atom stereocenters. The molecule has 5 heteroatoms. The van der Waals surface area contributed by atoms with E-state index >= 15 is 0 Å². The quantitative estimate of drug-likeness (QED) is 0.892. The van der Waals surface area contributed by atoms with Crippen LogP contribution in [0.4, 0.5) is 4.79 Å². The van der Waals surface area contributed by atoms with Crippen LogP contribution in [-0.2, 0) is 6.42 Å². The van der Waals surface area contributed by atoms with E-state index in [2.05, 4.69) is 34.3 Å². The van der Waals surface area contributed by atoms with E-state index in [0.29, 0.717) is 25.1 Å². The predicted molar refractivity (Wildman–Crippen MR) is 100 cm³/mol. The zero-order valence-corrected chi connectivity index (χ0v) is 15.5. The predicted octanol–water partition coefficient (Wildman–Crippen LogP) is 2.75. The topological polar surface area (TPSA) is 44.8 Å². The summed E-state index contributed by atoms with van der Waals surface area (Å²) in [5, 5.41) is 3.13. The van der Waals surface area contributed by atoms with Crippen LogP contribution in [0.3, 0.4) is 0 Å². The average molecular weight is 345 g/mol. The van der Waals surface area contributed by atoms with Gasteiger partial charge in [-0.25, -0.2) is 4.79 Å². The first-order valence-electron chi connectivity index (χ1n) is 9.62. The van der Waals surface area contributed by atoms with Gasteiger partial charge in [0.2, 0.25) is 0 Å². The fourth-order valence-electron chi connectivity index (χ4n) is 4.21. The molecular formula is C20H31N3O2. The lowest BCUT2D eigenvalue weighted by atomic mass is 9.84. The molecule has 3 rings (SSSR count). The van der Waals surface area contributed by atoms with Crippen LogP contribution in [0.1, 0.15) is 31.7 Å². The Balaban J connectivity index is 1.49. The Bertz CT molecular complexity index is 578. The molecule has 2 saturated heterocycles. The number of nitrogens with one attached hydrogen (secondary N) is 1. The van der Waals surface area contributed by atoms with Gasteiger partial charge in [-0.05, 0) is 69.8 Å². The number of piperidine rings is 2. The summed E-state index contributed by atoms with van der Waals surface area (Å²) in [5.41, 5.74) is 1.20. The van der Waals surface area contributed by atoms with E-state index in [1.54, 1.807) is 0 Å². The van der Waals surface area contributed by atoms with Crippen molar-refractivity contribution in [1.29, 1.82) is 0 Å². The highest BCUT2D eigenvalue weighted by Crippen LogP contribution is 2.30. The van der Waals surface area contributed by atoms with Crippen LogP contribution < -0.4 is 10.1 Å². The van der Waals surface area contributed by atoms with Crippen LogP contribution in [0.5, 0.6) is 5.75 Å². The fraction of sp³-hybridized carbons (Fsp3) is 0.650. The van der Waals surface area contributed by atoms with E-state index in [9.17, 15) is 4.79 Å². The molecule has 5 nitrogen and oxygen atoms in total. The van der Waals surface area contributed by atoms with E-state index in [1.807, 2.05) is 19.1 Å². The number of ether oxygens (including phenoxy) is 1. The molecule has 1 aromatic rings. The van der Waals surface area contributed by atoms with E-state index in [4.69, 9.17) is 4.74 Å². The molecular weight excluding hydrogens is 314 g/mol. The van der Waals surface area contributed by atoms with Gasteiger partial charge in [0.05, 0.1) is 6.61 Å². The highest BCUT2D eigenvalue weighted by atomic mass is 16.5. The third kappa shape index (κ3) is 4.66. The first-order valence-corrected chi connectivity index (χ1v) is 9.62. The van der Waals surface area contributed by atoms with Crippen molar-refractivity contribution < 1.29 is 9.53 Å². The Labute approximate surface area is 151 Å². The third-order valence-corrected chi connectivity index (χ3v) is 5.43. The number of hydrogen-bond donors (Lipinski definition) is 1. The molecule has 2 heterocycles. The summed E-state index contributed by atoms with van der Waals surface area (Å²) in [4.78, 5) is 17.2. The van der Waals surface area contributed by atoms with Crippen molar-refractivity contribution in [3.05, 3.63) is 29.8 Å². The Hall–Kier alpha value is -1.75. The zero-order valence-electron chi connectivity index (χ0n) is 15.5. The molecule has 0 aromatic heterocycles. The second-order valence-electron chi connectivity index (χ2n) is 7.28. The van der Waals surface area contributed by atoms with Gasteiger partial charge in [-0.2, -0.15) is 0 Å². The summed E-state index contributed by atoms with van der Waals surface area (Å²) in [5.74, 6) is 1.54. The van der Waals surface area contributed by atoms with Crippen LogP contribution in [0.2, 0.25) is 0 Å². The molecule has 0 saturated carbocycles. The van der Waals surface area contributed by atoms with Crippen molar-refractivity contribution in [2.45, 2.75) is 38.6 Å². The molecule has 25 heavy (non-hydrogen) atoms. The van der Waals surface area contributed by atoms with Crippen LogP contribution in [-0.4, -0.2) is 61.7 Å². The lowest BCUT2D eigenvalue weighted by molar-refractivity contribution is 0.0534. The summed E-state index contributed by atoms with van der Waals surface area (Å²) in [6.45, 7) is 6.45. The zero-order chi connectivity index (χ0) is 17.6. The van der Waals surface area contributed by atoms with Crippen LogP contribution in [0.25, 0.3) is 0 Å². The summed E-state index contributed by atoms with van der Waals surface area (Å²) in [6, 6.07) is 8.66. The highest BCUT2D eigenvalue weighted by Gasteiger charge is 2.37. The van der Waals surface area contributed by atoms with Gasteiger partial charge in [0, 0.05) is 25.7 Å². The molecule has 0 radical (unpaired) electrons. The van der Waals surface area contributed by atoms with Crippen LogP contribution >= 0.6 is 0 Å². The van der Waals surface area contributed by atoms with E-state index < -0.39 is 0 Å². The maximum atomic E-state index is 12.7. The van der Waals surface area contributed by atoms with Crippen molar-refractivity contribution >= 4 is 6.03 Å². The van der Waals surface area contributed by atoms with Crippen molar-refractivity contribution in [2.75, 3.05) is 39.8 Å². The van der Waals surface area contributed by atoms with Gasteiger partial charge in [0.15, 0.2) is 0 Å². The Morgan fingerprint density at radius 2 is 2.20 bits per heavy atom.